The first kappa shape index (κ1) is 15.8. The highest BCUT2D eigenvalue weighted by Gasteiger charge is 2.22. The Morgan fingerprint density at radius 2 is 1.95 bits per heavy atom. The number of hydrogen-bond acceptors (Lipinski definition) is 1. The summed E-state index contributed by atoms with van der Waals surface area (Å²) in [5, 5.41) is 3.12. The molecule has 0 aliphatic carbocycles. The summed E-state index contributed by atoms with van der Waals surface area (Å²) < 4.78 is 2.74. The van der Waals surface area contributed by atoms with Crippen LogP contribution in [0, 0.1) is 0 Å². The molecule has 0 radical (unpaired) electrons. The Morgan fingerprint density at radius 3 is 2.52 bits per heavy atom. The van der Waals surface area contributed by atoms with Crippen LogP contribution in [0.25, 0.3) is 0 Å². The second-order valence-electron chi connectivity index (χ2n) is 5.98. The van der Waals surface area contributed by atoms with Crippen LogP contribution in [-0.2, 0) is 13.5 Å². The Balaban J connectivity index is 1.97. The molecule has 0 saturated heterocycles. The van der Waals surface area contributed by atoms with Gasteiger partial charge in [0.1, 0.15) is 5.69 Å². The van der Waals surface area contributed by atoms with Crippen LogP contribution in [0.15, 0.2) is 47.1 Å². The largest absolute Gasteiger partial charge is 0.346 e. The van der Waals surface area contributed by atoms with Crippen molar-refractivity contribution in [1.82, 2.24) is 9.88 Å². The molecule has 0 unspecified atom stereocenters. The molecule has 1 aromatic heterocycles. The van der Waals surface area contributed by atoms with Crippen molar-refractivity contribution < 1.29 is 4.79 Å². The predicted molar refractivity (Wildman–Crippen MR) is 89.4 cm³/mol. The molecule has 1 heterocycles. The Labute approximate surface area is 134 Å². The molecule has 0 spiro atoms. The van der Waals surface area contributed by atoms with Crippen molar-refractivity contribution in [2.75, 3.05) is 0 Å². The maximum Gasteiger partial charge on any atom is 0.268 e. The van der Waals surface area contributed by atoms with E-state index in [0.29, 0.717) is 5.69 Å². The monoisotopic (exact) mass is 348 g/mol. The van der Waals surface area contributed by atoms with Crippen LogP contribution in [-0.4, -0.2) is 16.0 Å². The Kier molecular flexibility index (Phi) is 4.88. The van der Waals surface area contributed by atoms with Gasteiger partial charge in [-0.05, 0) is 54.2 Å². The summed E-state index contributed by atoms with van der Waals surface area (Å²) >= 11 is 3.39. The van der Waals surface area contributed by atoms with E-state index in [1.807, 2.05) is 42.1 Å². The summed E-state index contributed by atoms with van der Waals surface area (Å²) in [5.74, 6) is -0.0405. The number of aromatic nitrogens is 1. The van der Waals surface area contributed by atoms with Crippen molar-refractivity contribution in [2.24, 2.45) is 7.05 Å². The Morgan fingerprint density at radius 1 is 1.29 bits per heavy atom. The zero-order chi connectivity index (χ0) is 15.5. The lowest BCUT2D eigenvalue weighted by Crippen LogP contribution is -2.44. The molecule has 0 aliphatic rings. The number of carbonyl (C=O) groups excluding carboxylic acids is 1. The SMILES string of the molecule is Cn1cc(Br)cc1C(=O)NC(C)(C)CCc1ccccc1. The van der Waals surface area contributed by atoms with Gasteiger partial charge >= 0.3 is 0 Å². The molecule has 0 saturated carbocycles. The Bertz CT molecular complexity index is 617. The fourth-order valence-electron chi connectivity index (χ4n) is 2.29. The van der Waals surface area contributed by atoms with Gasteiger partial charge in [0.15, 0.2) is 0 Å². The number of carbonyl (C=O) groups is 1. The molecule has 0 fully saturated rings. The summed E-state index contributed by atoms with van der Waals surface area (Å²) in [7, 11) is 1.87. The van der Waals surface area contributed by atoms with Crippen LogP contribution in [0.4, 0.5) is 0 Å². The zero-order valence-electron chi connectivity index (χ0n) is 12.7. The highest BCUT2D eigenvalue weighted by Crippen LogP contribution is 2.17. The summed E-state index contributed by atoms with van der Waals surface area (Å²) in [6, 6.07) is 12.2. The van der Waals surface area contributed by atoms with Crippen molar-refractivity contribution in [3.63, 3.8) is 0 Å². The van der Waals surface area contributed by atoms with Gasteiger partial charge in [-0.15, -0.1) is 0 Å². The number of rotatable bonds is 5. The van der Waals surface area contributed by atoms with Crippen LogP contribution in [0.1, 0.15) is 36.3 Å². The minimum atomic E-state index is -0.246. The quantitative estimate of drug-likeness (QED) is 0.872. The lowest BCUT2D eigenvalue weighted by atomic mass is 9.95. The van der Waals surface area contributed by atoms with Gasteiger partial charge < -0.3 is 9.88 Å². The highest BCUT2D eigenvalue weighted by atomic mass is 79.9. The maximum atomic E-state index is 12.4. The van der Waals surface area contributed by atoms with Gasteiger partial charge in [0.2, 0.25) is 0 Å². The van der Waals surface area contributed by atoms with Crippen molar-refractivity contribution in [1.29, 1.82) is 0 Å². The number of benzene rings is 1. The van der Waals surface area contributed by atoms with Crippen molar-refractivity contribution in [3.8, 4) is 0 Å². The van der Waals surface area contributed by atoms with Crippen molar-refractivity contribution in [2.45, 2.75) is 32.2 Å². The van der Waals surface area contributed by atoms with Crippen LogP contribution in [0.5, 0.6) is 0 Å². The molecule has 1 amide bonds. The average Bonchev–Trinajstić information content (AvgIpc) is 2.76. The lowest BCUT2D eigenvalue weighted by Gasteiger charge is -2.26. The van der Waals surface area contributed by atoms with E-state index < -0.39 is 0 Å². The molecule has 1 N–H and O–H groups in total. The number of halogens is 1. The minimum Gasteiger partial charge on any atom is -0.346 e. The molecule has 2 rings (SSSR count). The molecule has 2 aromatic rings. The smallest absolute Gasteiger partial charge is 0.268 e. The van der Waals surface area contributed by atoms with E-state index in [0.717, 1.165) is 17.3 Å². The Hall–Kier alpha value is -1.55. The van der Waals surface area contributed by atoms with Gasteiger partial charge in [0, 0.05) is 23.3 Å². The third kappa shape index (κ3) is 4.46. The van der Waals surface area contributed by atoms with Gasteiger partial charge in [-0.25, -0.2) is 0 Å². The second-order valence-corrected chi connectivity index (χ2v) is 6.89. The number of nitrogens with one attached hydrogen (secondary N) is 1. The number of amides is 1. The van der Waals surface area contributed by atoms with Gasteiger partial charge in [0.05, 0.1) is 0 Å². The molecule has 0 aliphatic heterocycles. The van der Waals surface area contributed by atoms with Crippen LogP contribution >= 0.6 is 15.9 Å². The molecule has 1 aromatic carbocycles. The first-order chi connectivity index (χ1) is 9.87. The fourth-order valence-corrected chi connectivity index (χ4v) is 2.81. The molecule has 112 valence electrons. The van der Waals surface area contributed by atoms with Crippen LogP contribution in [0.3, 0.4) is 0 Å². The van der Waals surface area contributed by atoms with Crippen LogP contribution in [0.2, 0.25) is 0 Å². The van der Waals surface area contributed by atoms with E-state index in [2.05, 4.69) is 47.2 Å². The van der Waals surface area contributed by atoms with Gasteiger partial charge in [-0.3, -0.25) is 4.79 Å². The third-order valence-corrected chi connectivity index (χ3v) is 3.97. The normalized spacial score (nSPS) is 11.4. The summed E-state index contributed by atoms with van der Waals surface area (Å²) in [6.07, 6.45) is 3.73. The number of aryl methyl sites for hydroxylation is 2. The number of hydrogen-bond donors (Lipinski definition) is 1. The predicted octanol–water partition coefficient (Wildman–Crippen LogP) is 3.93. The van der Waals surface area contributed by atoms with E-state index in [-0.39, 0.29) is 11.4 Å². The van der Waals surface area contributed by atoms with E-state index >= 15 is 0 Å². The topological polar surface area (TPSA) is 34.0 Å². The third-order valence-electron chi connectivity index (χ3n) is 3.54. The van der Waals surface area contributed by atoms with Crippen molar-refractivity contribution in [3.05, 3.63) is 58.3 Å². The van der Waals surface area contributed by atoms with E-state index in [9.17, 15) is 4.79 Å². The molecular formula is C17H21BrN2O. The van der Waals surface area contributed by atoms with Crippen molar-refractivity contribution >= 4 is 21.8 Å². The first-order valence-corrected chi connectivity index (χ1v) is 7.85. The standard InChI is InChI=1S/C17H21BrN2O/c1-17(2,10-9-13-7-5-4-6-8-13)19-16(21)15-11-14(18)12-20(15)3/h4-8,11-12H,9-10H2,1-3H3,(H,19,21). The zero-order valence-corrected chi connectivity index (χ0v) is 14.3. The first-order valence-electron chi connectivity index (χ1n) is 7.06. The van der Waals surface area contributed by atoms with E-state index in [4.69, 9.17) is 0 Å². The van der Waals surface area contributed by atoms with Crippen LogP contribution < -0.4 is 5.32 Å². The molecule has 0 atom stereocenters. The highest BCUT2D eigenvalue weighted by molar-refractivity contribution is 9.10. The summed E-state index contributed by atoms with van der Waals surface area (Å²) in [4.78, 5) is 12.4. The molecule has 3 nitrogen and oxygen atoms in total. The molecular weight excluding hydrogens is 328 g/mol. The average molecular weight is 349 g/mol. The van der Waals surface area contributed by atoms with E-state index in [1.165, 1.54) is 5.56 Å². The summed E-state index contributed by atoms with van der Waals surface area (Å²) in [5.41, 5.74) is 1.71. The molecule has 4 heteroatoms. The minimum absolute atomic E-state index is 0.0405. The van der Waals surface area contributed by atoms with Gasteiger partial charge in [-0.2, -0.15) is 0 Å². The summed E-state index contributed by atoms with van der Waals surface area (Å²) in [6.45, 7) is 4.12. The van der Waals surface area contributed by atoms with Gasteiger partial charge in [-0.1, -0.05) is 30.3 Å². The van der Waals surface area contributed by atoms with E-state index in [1.54, 1.807) is 0 Å². The molecule has 0 bridgehead atoms. The molecule has 21 heavy (non-hydrogen) atoms. The number of nitrogens with zero attached hydrogens (tertiary/aromatic N) is 1. The fraction of sp³-hybridized carbons (Fsp3) is 0.353. The maximum absolute atomic E-state index is 12.4. The van der Waals surface area contributed by atoms with Gasteiger partial charge in [0.25, 0.3) is 5.91 Å². The second kappa shape index (κ2) is 6.48. The lowest BCUT2D eigenvalue weighted by molar-refractivity contribution is 0.0901.